The summed E-state index contributed by atoms with van der Waals surface area (Å²) in [6.07, 6.45) is 7.06. The first-order valence-corrected chi connectivity index (χ1v) is 11.3. The highest BCUT2D eigenvalue weighted by Gasteiger charge is 2.43. The Morgan fingerprint density at radius 3 is 2.10 bits per heavy atom. The Hall–Kier alpha value is -2.35. The lowest BCUT2D eigenvalue weighted by atomic mass is 10.1. The molecule has 3 amide bonds. The fourth-order valence-corrected chi connectivity index (χ4v) is 4.31. The van der Waals surface area contributed by atoms with Crippen molar-refractivity contribution in [2.24, 2.45) is 0 Å². The first-order chi connectivity index (χ1) is 14.0. The molecule has 2 aliphatic heterocycles. The van der Waals surface area contributed by atoms with Crippen LogP contribution in [0.5, 0.6) is 0 Å². The maximum absolute atomic E-state index is 12.7. The number of rotatable bonds is 6. The normalized spacial score (nSPS) is 18.1. The summed E-state index contributed by atoms with van der Waals surface area (Å²) in [6.45, 7) is 0.971. The van der Waals surface area contributed by atoms with Gasteiger partial charge < -0.3 is 9.64 Å². The number of esters is 1. The van der Waals surface area contributed by atoms with Crippen molar-refractivity contribution in [3.63, 3.8) is 0 Å². The summed E-state index contributed by atoms with van der Waals surface area (Å²) in [5, 5.41) is 0. The molecule has 0 saturated carbocycles. The third-order valence-corrected chi connectivity index (χ3v) is 5.93. The maximum Gasteiger partial charge on any atom is 0.330 e. The molecule has 0 spiro atoms. The average molecular weight is 419 g/mol. The van der Waals surface area contributed by atoms with Crippen LogP contribution in [0.2, 0.25) is 0 Å². The van der Waals surface area contributed by atoms with Crippen molar-refractivity contribution in [3.05, 3.63) is 35.4 Å². The Bertz CT molecular complexity index is 754. The molecule has 2 aliphatic rings. The molecule has 1 aromatic carbocycles. The Kier molecular flexibility index (Phi) is 7.30. The topological polar surface area (TPSA) is 84.0 Å². The zero-order valence-corrected chi connectivity index (χ0v) is 17.4. The predicted octanol–water partition coefficient (Wildman–Crippen LogP) is 2.35. The predicted molar refractivity (Wildman–Crippen MR) is 110 cm³/mol. The Labute approximate surface area is 174 Å². The minimum absolute atomic E-state index is 0.211. The molecule has 1 aromatic rings. The number of thioether (sulfide) groups is 1. The zero-order valence-electron chi connectivity index (χ0n) is 16.6. The SMILES string of the molecule is CSC[C@@H](C(=O)OCC(=O)N1CCCCCCC1)N1C(=O)c2ccccc2C1=O. The summed E-state index contributed by atoms with van der Waals surface area (Å²) in [7, 11) is 0. The van der Waals surface area contributed by atoms with Crippen LogP contribution < -0.4 is 0 Å². The number of fused-ring (bicyclic) bond motifs is 1. The lowest BCUT2D eigenvalue weighted by Gasteiger charge is -2.26. The summed E-state index contributed by atoms with van der Waals surface area (Å²) in [4.78, 5) is 53.3. The van der Waals surface area contributed by atoms with Crippen LogP contribution in [-0.2, 0) is 14.3 Å². The van der Waals surface area contributed by atoms with Gasteiger partial charge in [0.25, 0.3) is 17.7 Å². The monoisotopic (exact) mass is 418 g/mol. The molecule has 1 fully saturated rings. The van der Waals surface area contributed by atoms with Gasteiger partial charge in [0.2, 0.25) is 0 Å². The highest BCUT2D eigenvalue weighted by molar-refractivity contribution is 7.98. The van der Waals surface area contributed by atoms with Crippen LogP contribution in [0.4, 0.5) is 0 Å². The number of carbonyl (C=O) groups is 4. The minimum Gasteiger partial charge on any atom is -0.454 e. The number of ether oxygens (including phenoxy) is 1. The van der Waals surface area contributed by atoms with Crippen LogP contribution in [0.3, 0.4) is 0 Å². The van der Waals surface area contributed by atoms with Crippen molar-refractivity contribution in [1.82, 2.24) is 9.80 Å². The number of likely N-dealkylation sites (tertiary alicyclic amines) is 1. The van der Waals surface area contributed by atoms with E-state index in [0.717, 1.165) is 30.6 Å². The van der Waals surface area contributed by atoms with E-state index in [0.29, 0.717) is 13.1 Å². The van der Waals surface area contributed by atoms with Crippen molar-refractivity contribution < 1.29 is 23.9 Å². The van der Waals surface area contributed by atoms with E-state index in [1.54, 1.807) is 35.4 Å². The van der Waals surface area contributed by atoms with Crippen LogP contribution in [0.25, 0.3) is 0 Å². The van der Waals surface area contributed by atoms with Gasteiger partial charge >= 0.3 is 5.97 Å². The second-order valence-electron chi connectivity index (χ2n) is 7.25. The number of hydrogen-bond donors (Lipinski definition) is 0. The second kappa shape index (κ2) is 9.91. The summed E-state index contributed by atoms with van der Waals surface area (Å²) >= 11 is 1.33. The fourth-order valence-electron chi connectivity index (χ4n) is 3.71. The van der Waals surface area contributed by atoms with Gasteiger partial charge in [-0.15, -0.1) is 0 Å². The molecule has 0 radical (unpaired) electrons. The van der Waals surface area contributed by atoms with E-state index < -0.39 is 23.8 Å². The molecule has 156 valence electrons. The Balaban J connectivity index is 1.65. The van der Waals surface area contributed by atoms with Crippen molar-refractivity contribution in [2.75, 3.05) is 31.7 Å². The van der Waals surface area contributed by atoms with Gasteiger partial charge in [0.1, 0.15) is 6.04 Å². The zero-order chi connectivity index (χ0) is 20.8. The van der Waals surface area contributed by atoms with Gasteiger partial charge in [-0.2, -0.15) is 11.8 Å². The van der Waals surface area contributed by atoms with Crippen molar-refractivity contribution in [1.29, 1.82) is 0 Å². The summed E-state index contributed by atoms with van der Waals surface area (Å²) < 4.78 is 5.26. The largest absolute Gasteiger partial charge is 0.454 e. The number of hydrogen-bond acceptors (Lipinski definition) is 6. The molecule has 0 aliphatic carbocycles. The molecule has 1 atom stereocenters. The van der Waals surface area contributed by atoms with E-state index in [-0.39, 0.29) is 29.4 Å². The van der Waals surface area contributed by atoms with E-state index in [9.17, 15) is 19.2 Å². The first kappa shape index (κ1) is 21.4. The van der Waals surface area contributed by atoms with Crippen molar-refractivity contribution in [3.8, 4) is 0 Å². The molecule has 0 bridgehead atoms. The van der Waals surface area contributed by atoms with E-state index in [2.05, 4.69) is 0 Å². The number of amides is 3. The summed E-state index contributed by atoms with van der Waals surface area (Å²) in [5.74, 6) is -1.75. The Morgan fingerprint density at radius 2 is 1.55 bits per heavy atom. The van der Waals surface area contributed by atoms with Crippen molar-refractivity contribution in [2.45, 2.75) is 38.1 Å². The fraction of sp³-hybridized carbons (Fsp3) is 0.524. The van der Waals surface area contributed by atoms with Gasteiger partial charge in [0.15, 0.2) is 6.61 Å². The standard InChI is InChI=1S/C21H26N2O5S/c1-29-14-17(23-19(25)15-9-5-6-10-16(15)20(23)26)21(27)28-13-18(24)22-11-7-3-2-4-8-12-22/h5-6,9-10,17H,2-4,7-8,11-14H2,1H3/t17-/m0/s1. The van der Waals surface area contributed by atoms with Gasteiger partial charge in [-0.1, -0.05) is 31.4 Å². The van der Waals surface area contributed by atoms with Crippen LogP contribution in [0, 0.1) is 0 Å². The smallest absolute Gasteiger partial charge is 0.330 e. The third kappa shape index (κ3) is 4.80. The molecular formula is C21H26N2O5S. The van der Waals surface area contributed by atoms with Gasteiger partial charge in [-0.3, -0.25) is 19.3 Å². The number of nitrogens with zero attached hydrogens (tertiary/aromatic N) is 2. The lowest BCUT2D eigenvalue weighted by Crippen LogP contribution is -2.48. The van der Waals surface area contributed by atoms with Gasteiger partial charge in [0.05, 0.1) is 11.1 Å². The van der Waals surface area contributed by atoms with Gasteiger partial charge in [-0.05, 0) is 31.2 Å². The van der Waals surface area contributed by atoms with Crippen molar-refractivity contribution >= 4 is 35.5 Å². The summed E-state index contributed by atoms with van der Waals surface area (Å²) in [6, 6.07) is 5.44. The maximum atomic E-state index is 12.7. The lowest BCUT2D eigenvalue weighted by molar-refractivity contribution is -0.154. The number of carbonyl (C=O) groups excluding carboxylic acids is 4. The average Bonchev–Trinajstić information content (AvgIpc) is 2.95. The molecule has 29 heavy (non-hydrogen) atoms. The third-order valence-electron chi connectivity index (χ3n) is 5.28. The van der Waals surface area contributed by atoms with Crippen LogP contribution in [0.1, 0.15) is 52.8 Å². The van der Waals surface area contributed by atoms with Crippen LogP contribution >= 0.6 is 11.8 Å². The number of imide groups is 1. The van der Waals surface area contributed by atoms with E-state index in [1.165, 1.54) is 18.2 Å². The molecule has 7 nitrogen and oxygen atoms in total. The molecule has 8 heteroatoms. The first-order valence-electron chi connectivity index (χ1n) is 9.95. The Morgan fingerprint density at radius 1 is 1.00 bits per heavy atom. The van der Waals surface area contributed by atoms with E-state index in [1.807, 2.05) is 0 Å². The molecule has 0 N–H and O–H groups in total. The second-order valence-corrected chi connectivity index (χ2v) is 8.16. The van der Waals surface area contributed by atoms with Gasteiger partial charge in [-0.25, -0.2) is 4.79 Å². The van der Waals surface area contributed by atoms with Gasteiger partial charge in [0, 0.05) is 18.8 Å². The van der Waals surface area contributed by atoms with Crippen LogP contribution in [-0.4, -0.2) is 71.2 Å². The summed E-state index contributed by atoms with van der Waals surface area (Å²) in [5.41, 5.74) is 0.571. The quantitative estimate of drug-likeness (QED) is 0.521. The number of benzene rings is 1. The minimum atomic E-state index is -1.06. The molecule has 0 aromatic heterocycles. The molecule has 2 heterocycles. The highest BCUT2D eigenvalue weighted by Crippen LogP contribution is 2.26. The van der Waals surface area contributed by atoms with E-state index in [4.69, 9.17) is 4.74 Å². The highest BCUT2D eigenvalue weighted by atomic mass is 32.2. The van der Waals surface area contributed by atoms with Crippen LogP contribution in [0.15, 0.2) is 24.3 Å². The molecular weight excluding hydrogens is 392 g/mol. The molecule has 0 unspecified atom stereocenters. The molecule has 1 saturated heterocycles. The van der Waals surface area contributed by atoms with E-state index >= 15 is 0 Å². The molecule has 3 rings (SSSR count).